The molecule has 26 heavy (non-hydrogen) atoms. The van der Waals surface area contributed by atoms with Crippen LogP contribution in [0.1, 0.15) is 39.5 Å². The fourth-order valence-electron chi connectivity index (χ4n) is 4.24. The second kappa shape index (κ2) is 8.37. The Kier molecular flexibility index (Phi) is 6.37. The Balaban J connectivity index is 1.46. The van der Waals surface area contributed by atoms with Crippen molar-refractivity contribution in [3.05, 3.63) is 28.2 Å². The van der Waals surface area contributed by atoms with Crippen molar-refractivity contribution in [2.75, 3.05) is 37.6 Å². The van der Waals surface area contributed by atoms with Crippen LogP contribution in [0.4, 0.5) is 5.69 Å². The van der Waals surface area contributed by atoms with Gasteiger partial charge >= 0.3 is 0 Å². The molecule has 1 aromatic rings. The van der Waals surface area contributed by atoms with Gasteiger partial charge in [0.05, 0.1) is 15.5 Å². The van der Waals surface area contributed by atoms with Gasteiger partial charge in [-0.1, -0.05) is 37.0 Å². The van der Waals surface area contributed by atoms with Crippen LogP contribution in [0, 0.1) is 5.41 Å². The molecule has 1 atom stereocenters. The summed E-state index contributed by atoms with van der Waals surface area (Å²) in [5.74, 6) is 0.261. The fraction of sp³-hybridized carbons (Fsp3) is 0.650. The van der Waals surface area contributed by atoms with Gasteiger partial charge in [-0.3, -0.25) is 9.69 Å². The van der Waals surface area contributed by atoms with Crippen LogP contribution in [0.15, 0.2) is 18.2 Å². The molecule has 4 nitrogen and oxygen atoms in total. The average Bonchev–Trinajstić information content (AvgIpc) is 2.99. The Morgan fingerprint density at radius 2 is 1.81 bits per heavy atom. The molecule has 2 aliphatic heterocycles. The molecule has 2 aliphatic rings. The quantitative estimate of drug-likeness (QED) is 0.780. The molecule has 2 saturated heterocycles. The molecule has 2 fully saturated rings. The van der Waals surface area contributed by atoms with E-state index in [4.69, 9.17) is 23.2 Å². The number of halogens is 2. The van der Waals surface area contributed by atoms with Crippen LogP contribution in [0.3, 0.4) is 0 Å². The predicted octanol–water partition coefficient (Wildman–Crippen LogP) is 4.20. The molecular formula is C20H29Cl2N3O. The van der Waals surface area contributed by atoms with E-state index in [0.717, 1.165) is 64.1 Å². The molecule has 0 spiro atoms. The molecule has 1 amide bonds. The van der Waals surface area contributed by atoms with Crippen LogP contribution in [-0.2, 0) is 4.79 Å². The zero-order valence-electron chi connectivity index (χ0n) is 15.7. The molecule has 0 aromatic heterocycles. The molecule has 144 valence electrons. The second-order valence-corrected chi connectivity index (χ2v) is 8.39. The first-order chi connectivity index (χ1) is 12.5. The molecule has 0 bridgehead atoms. The first-order valence-electron chi connectivity index (χ1n) is 9.70. The Hall–Kier alpha value is -0.970. The molecule has 0 saturated carbocycles. The number of anilines is 1. The minimum absolute atomic E-state index is 0.128. The summed E-state index contributed by atoms with van der Waals surface area (Å²) in [5, 5.41) is 4.44. The zero-order chi connectivity index (χ0) is 18.7. The summed E-state index contributed by atoms with van der Waals surface area (Å²) >= 11 is 12.1. The Morgan fingerprint density at radius 1 is 1.12 bits per heavy atom. The standard InChI is InChI=1S/C20H29Cl2N3O/c1-3-20(4-2)14-15(23-19(20)26)7-8-24-9-11-25(12-10-24)16-5-6-17(21)18(22)13-16/h5-6,13,15H,3-4,7-12,14H2,1-2H3,(H,23,26)/t15-/m0/s1. The number of rotatable bonds is 6. The van der Waals surface area contributed by atoms with Crippen LogP contribution in [0.25, 0.3) is 0 Å². The maximum atomic E-state index is 12.3. The van der Waals surface area contributed by atoms with Gasteiger partial charge in [0.15, 0.2) is 0 Å². The summed E-state index contributed by atoms with van der Waals surface area (Å²) in [6, 6.07) is 6.17. The van der Waals surface area contributed by atoms with Gasteiger partial charge in [-0.2, -0.15) is 0 Å². The largest absolute Gasteiger partial charge is 0.369 e. The van der Waals surface area contributed by atoms with Crippen molar-refractivity contribution in [1.82, 2.24) is 10.2 Å². The highest BCUT2D eigenvalue weighted by Crippen LogP contribution is 2.37. The van der Waals surface area contributed by atoms with E-state index < -0.39 is 0 Å². The van der Waals surface area contributed by atoms with Gasteiger partial charge in [0, 0.05) is 44.5 Å². The van der Waals surface area contributed by atoms with Crippen LogP contribution < -0.4 is 10.2 Å². The summed E-state index contributed by atoms with van der Waals surface area (Å²) in [7, 11) is 0. The monoisotopic (exact) mass is 397 g/mol. The van der Waals surface area contributed by atoms with Gasteiger partial charge < -0.3 is 10.2 Å². The zero-order valence-corrected chi connectivity index (χ0v) is 17.2. The molecule has 0 unspecified atom stereocenters. The maximum absolute atomic E-state index is 12.3. The summed E-state index contributed by atoms with van der Waals surface area (Å²) in [4.78, 5) is 17.2. The fourth-order valence-corrected chi connectivity index (χ4v) is 4.53. The van der Waals surface area contributed by atoms with Gasteiger partial charge in [-0.05, 0) is 43.9 Å². The minimum Gasteiger partial charge on any atom is -0.369 e. The Bertz CT molecular complexity index is 640. The van der Waals surface area contributed by atoms with Crippen molar-refractivity contribution in [3.63, 3.8) is 0 Å². The van der Waals surface area contributed by atoms with Crippen LogP contribution in [0.2, 0.25) is 10.0 Å². The lowest BCUT2D eigenvalue weighted by Gasteiger charge is -2.36. The molecule has 1 aromatic carbocycles. The van der Waals surface area contributed by atoms with Crippen molar-refractivity contribution in [1.29, 1.82) is 0 Å². The number of piperazine rings is 1. The number of carbonyl (C=O) groups excluding carboxylic acids is 1. The average molecular weight is 398 g/mol. The van der Waals surface area contributed by atoms with Gasteiger partial charge in [0.2, 0.25) is 5.91 Å². The molecule has 1 N–H and O–H groups in total. The van der Waals surface area contributed by atoms with E-state index in [1.807, 2.05) is 18.2 Å². The highest BCUT2D eigenvalue weighted by Gasteiger charge is 2.43. The summed E-state index contributed by atoms with van der Waals surface area (Å²) in [6.45, 7) is 9.36. The summed E-state index contributed by atoms with van der Waals surface area (Å²) in [6.07, 6.45) is 3.91. The summed E-state index contributed by atoms with van der Waals surface area (Å²) in [5.41, 5.74) is 1.01. The van der Waals surface area contributed by atoms with Gasteiger partial charge in [0.1, 0.15) is 0 Å². The Morgan fingerprint density at radius 3 is 2.38 bits per heavy atom. The van der Waals surface area contributed by atoms with Crippen molar-refractivity contribution >= 4 is 34.8 Å². The van der Waals surface area contributed by atoms with Crippen LogP contribution >= 0.6 is 23.2 Å². The van der Waals surface area contributed by atoms with Gasteiger partial charge in [-0.15, -0.1) is 0 Å². The number of benzene rings is 1. The number of nitrogens with zero attached hydrogens (tertiary/aromatic N) is 2. The highest BCUT2D eigenvalue weighted by atomic mass is 35.5. The molecular weight excluding hydrogens is 369 g/mol. The third kappa shape index (κ3) is 4.13. The van der Waals surface area contributed by atoms with E-state index in [-0.39, 0.29) is 11.3 Å². The Labute approximate surface area is 166 Å². The van der Waals surface area contributed by atoms with Crippen molar-refractivity contribution in [2.24, 2.45) is 5.41 Å². The maximum Gasteiger partial charge on any atom is 0.226 e. The van der Waals surface area contributed by atoms with Crippen molar-refractivity contribution in [2.45, 2.75) is 45.6 Å². The summed E-state index contributed by atoms with van der Waals surface area (Å²) < 4.78 is 0. The predicted molar refractivity (Wildman–Crippen MR) is 109 cm³/mol. The van der Waals surface area contributed by atoms with Crippen molar-refractivity contribution in [3.8, 4) is 0 Å². The SMILES string of the molecule is CCC1(CC)C[C@H](CCN2CCN(c3ccc(Cl)c(Cl)c3)CC2)NC1=O. The highest BCUT2D eigenvalue weighted by molar-refractivity contribution is 6.42. The third-order valence-electron chi connectivity index (χ3n) is 6.24. The number of carbonyl (C=O) groups is 1. The number of hydrogen-bond donors (Lipinski definition) is 1. The van der Waals surface area contributed by atoms with E-state index in [1.165, 1.54) is 0 Å². The van der Waals surface area contributed by atoms with E-state index in [9.17, 15) is 4.79 Å². The first kappa shape index (κ1) is 19.8. The molecule has 6 heteroatoms. The topological polar surface area (TPSA) is 35.6 Å². The number of hydrogen-bond acceptors (Lipinski definition) is 3. The molecule has 2 heterocycles. The third-order valence-corrected chi connectivity index (χ3v) is 6.98. The number of amides is 1. The van der Waals surface area contributed by atoms with E-state index in [2.05, 4.69) is 29.0 Å². The van der Waals surface area contributed by atoms with E-state index in [0.29, 0.717) is 16.1 Å². The second-order valence-electron chi connectivity index (χ2n) is 7.58. The van der Waals surface area contributed by atoms with Gasteiger partial charge in [-0.25, -0.2) is 0 Å². The lowest BCUT2D eigenvalue weighted by Crippen LogP contribution is -2.47. The normalized spacial score (nSPS) is 23.3. The number of nitrogens with one attached hydrogen (secondary N) is 1. The molecule has 0 aliphatic carbocycles. The van der Waals surface area contributed by atoms with E-state index >= 15 is 0 Å². The lowest BCUT2D eigenvalue weighted by molar-refractivity contribution is -0.128. The first-order valence-corrected chi connectivity index (χ1v) is 10.5. The van der Waals surface area contributed by atoms with Crippen molar-refractivity contribution < 1.29 is 4.79 Å². The smallest absolute Gasteiger partial charge is 0.226 e. The molecule has 0 radical (unpaired) electrons. The minimum atomic E-state index is -0.128. The van der Waals surface area contributed by atoms with Gasteiger partial charge in [0.25, 0.3) is 0 Å². The molecule has 3 rings (SSSR count). The van der Waals surface area contributed by atoms with Crippen LogP contribution in [0.5, 0.6) is 0 Å². The van der Waals surface area contributed by atoms with Crippen LogP contribution in [-0.4, -0.2) is 49.6 Å². The lowest BCUT2D eigenvalue weighted by atomic mass is 9.79. The van der Waals surface area contributed by atoms with E-state index in [1.54, 1.807) is 0 Å².